The summed E-state index contributed by atoms with van der Waals surface area (Å²) in [5.41, 5.74) is 2.71. The van der Waals surface area contributed by atoms with E-state index < -0.39 is 0 Å². The van der Waals surface area contributed by atoms with E-state index in [2.05, 4.69) is 48.3 Å². The van der Waals surface area contributed by atoms with Crippen LogP contribution in [-0.4, -0.2) is 29.1 Å². The van der Waals surface area contributed by atoms with Gasteiger partial charge in [-0.2, -0.15) is 5.26 Å². The third-order valence-corrected chi connectivity index (χ3v) is 4.38. The first-order chi connectivity index (χ1) is 11.1. The molecule has 0 saturated carbocycles. The maximum atomic E-state index is 9.14. The molecule has 1 unspecified atom stereocenters. The fourth-order valence-electron chi connectivity index (χ4n) is 2.85. The van der Waals surface area contributed by atoms with E-state index in [1.165, 1.54) is 0 Å². The predicted octanol–water partition coefficient (Wildman–Crippen LogP) is 3.50. The molecule has 2 aromatic rings. The van der Waals surface area contributed by atoms with E-state index in [0.717, 1.165) is 41.8 Å². The number of rotatable bonds is 3. The van der Waals surface area contributed by atoms with Gasteiger partial charge in [0.1, 0.15) is 0 Å². The molecule has 2 heterocycles. The van der Waals surface area contributed by atoms with Gasteiger partial charge >= 0.3 is 0 Å². The summed E-state index contributed by atoms with van der Waals surface area (Å²) in [6, 6.07) is 10.2. The van der Waals surface area contributed by atoms with Gasteiger partial charge in [-0.1, -0.05) is 15.9 Å². The first kappa shape index (κ1) is 15.8. The Morgan fingerprint density at radius 2 is 2.26 bits per heavy atom. The number of piperidine rings is 1. The molecular formula is C17H18BrN5. The summed E-state index contributed by atoms with van der Waals surface area (Å²) in [5, 5.41) is 12.6. The lowest BCUT2D eigenvalue weighted by atomic mass is 10.0. The van der Waals surface area contributed by atoms with Gasteiger partial charge in [0.15, 0.2) is 0 Å². The van der Waals surface area contributed by atoms with Crippen molar-refractivity contribution in [2.45, 2.75) is 25.8 Å². The molecule has 1 saturated heterocycles. The molecule has 1 aliphatic heterocycles. The average molecular weight is 372 g/mol. The van der Waals surface area contributed by atoms with Crippen LogP contribution in [0.3, 0.4) is 0 Å². The molecule has 0 radical (unpaired) electrons. The van der Waals surface area contributed by atoms with Gasteiger partial charge in [0, 0.05) is 41.2 Å². The first-order valence-electron chi connectivity index (χ1n) is 7.66. The molecule has 23 heavy (non-hydrogen) atoms. The lowest BCUT2D eigenvalue weighted by molar-refractivity contribution is 0.527. The highest BCUT2D eigenvalue weighted by Gasteiger charge is 2.21. The summed E-state index contributed by atoms with van der Waals surface area (Å²) in [6.07, 6.45) is 3.96. The van der Waals surface area contributed by atoms with Crippen molar-refractivity contribution in [3.63, 3.8) is 0 Å². The van der Waals surface area contributed by atoms with E-state index in [0.29, 0.717) is 17.6 Å². The van der Waals surface area contributed by atoms with Crippen LogP contribution in [0.1, 0.15) is 24.1 Å². The molecule has 3 rings (SSSR count). The summed E-state index contributed by atoms with van der Waals surface area (Å²) in [6.45, 7) is 3.83. The number of benzene rings is 1. The second-order valence-electron chi connectivity index (χ2n) is 5.76. The SMILES string of the molecule is Cc1ccnc(NC2CCCN(c3cc(Br)cc(C#N)c3)C2)n1. The molecule has 1 aromatic carbocycles. The predicted molar refractivity (Wildman–Crippen MR) is 94.5 cm³/mol. The first-order valence-corrected chi connectivity index (χ1v) is 8.45. The molecule has 6 heteroatoms. The number of aryl methyl sites for hydroxylation is 1. The fraction of sp³-hybridized carbons (Fsp3) is 0.353. The summed E-state index contributed by atoms with van der Waals surface area (Å²) in [5.74, 6) is 0.684. The van der Waals surface area contributed by atoms with Crippen LogP contribution in [0, 0.1) is 18.3 Å². The summed E-state index contributed by atoms with van der Waals surface area (Å²) in [7, 11) is 0. The van der Waals surface area contributed by atoms with E-state index in [9.17, 15) is 0 Å². The van der Waals surface area contributed by atoms with Crippen LogP contribution in [-0.2, 0) is 0 Å². The Morgan fingerprint density at radius 3 is 3.04 bits per heavy atom. The third-order valence-electron chi connectivity index (χ3n) is 3.93. The zero-order valence-corrected chi connectivity index (χ0v) is 14.5. The standard InChI is InChI=1S/C17H18BrN5/c1-12-4-5-20-17(21-12)22-15-3-2-6-23(11-15)16-8-13(10-19)7-14(18)9-16/h4-5,7-9,15H,2-3,6,11H2,1H3,(H,20,21,22). The number of anilines is 2. The minimum Gasteiger partial charge on any atom is -0.369 e. The zero-order valence-electron chi connectivity index (χ0n) is 13.0. The molecule has 1 N–H and O–H groups in total. The fourth-order valence-corrected chi connectivity index (χ4v) is 3.33. The molecule has 0 aliphatic carbocycles. The Morgan fingerprint density at radius 1 is 1.39 bits per heavy atom. The topological polar surface area (TPSA) is 64.8 Å². The van der Waals surface area contributed by atoms with Crippen LogP contribution < -0.4 is 10.2 Å². The van der Waals surface area contributed by atoms with Crippen LogP contribution in [0.2, 0.25) is 0 Å². The number of nitriles is 1. The average Bonchev–Trinajstić information content (AvgIpc) is 2.54. The molecule has 0 amide bonds. The van der Waals surface area contributed by atoms with E-state index in [-0.39, 0.29) is 0 Å². The molecule has 1 fully saturated rings. The van der Waals surface area contributed by atoms with E-state index >= 15 is 0 Å². The number of hydrogen-bond acceptors (Lipinski definition) is 5. The van der Waals surface area contributed by atoms with E-state index in [1.807, 2.05) is 25.1 Å². The maximum Gasteiger partial charge on any atom is 0.223 e. The lowest BCUT2D eigenvalue weighted by Crippen LogP contribution is -2.42. The molecule has 1 aliphatic rings. The highest BCUT2D eigenvalue weighted by molar-refractivity contribution is 9.10. The molecule has 1 atom stereocenters. The number of aromatic nitrogens is 2. The van der Waals surface area contributed by atoms with Crippen molar-refractivity contribution >= 4 is 27.6 Å². The Bertz CT molecular complexity index is 740. The van der Waals surface area contributed by atoms with Gasteiger partial charge in [-0.3, -0.25) is 0 Å². The monoisotopic (exact) mass is 371 g/mol. The number of nitrogens with zero attached hydrogens (tertiary/aromatic N) is 4. The van der Waals surface area contributed by atoms with Gasteiger partial charge in [-0.25, -0.2) is 9.97 Å². The van der Waals surface area contributed by atoms with Gasteiger partial charge in [-0.05, 0) is 44.0 Å². The van der Waals surface area contributed by atoms with Crippen molar-refractivity contribution in [1.29, 1.82) is 5.26 Å². The Hall–Kier alpha value is -2.13. The smallest absolute Gasteiger partial charge is 0.223 e. The highest BCUT2D eigenvalue weighted by atomic mass is 79.9. The summed E-state index contributed by atoms with van der Waals surface area (Å²) < 4.78 is 0.934. The number of nitrogens with one attached hydrogen (secondary N) is 1. The molecule has 118 valence electrons. The van der Waals surface area contributed by atoms with Crippen molar-refractivity contribution < 1.29 is 0 Å². The minimum absolute atomic E-state index is 0.301. The highest BCUT2D eigenvalue weighted by Crippen LogP contribution is 2.26. The van der Waals surface area contributed by atoms with Crippen molar-refractivity contribution in [1.82, 2.24) is 9.97 Å². The summed E-state index contributed by atoms with van der Waals surface area (Å²) >= 11 is 3.48. The molecule has 0 bridgehead atoms. The van der Waals surface area contributed by atoms with E-state index in [4.69, 9.17) is 5.26 Å². The van der Waals surface area contributed by atoms with Gasteiger partial charge in [0.2, 0.25) is 5.95 Å². The van der Waals surface area contributed by atoms with Gasteiger partial charge in [0.05, 0.1) is 11.6 Å². The normalized spacial score (nSPS) is 17.6. The van der Waals surface area contributed by atoms with Crippen LogP contribution in [0.4, 0.5) is 11.6 Å². The minimum atomic E-state index is 0.301. The van der Waals surface area contributed by atoms with E-state index in [1.54, 1.807) is 6.20 Å². The van der Waals surface area contributed by atoms with Crippen molar-refractivity contribution in [2.24, 2.45) is 0 Å². The van der Waals surface area contributed by atoms with Gasteiger partial charge < -0.3 is 10.2 Å². The molecule has 5 nitrogen and oxygen atoms in total. The largest absolute Gasteiger partial charge is 0.369 e. The van der Waals surface area contributed by atoms with Crippen molar-refractivity contribution in [3.05, 3.63) is 46.2 Å². The zero-order chi connectivity index (χ0) is 16.2. The third kappa shape index (κ3) is 3.99. The Kier molecular flexibility index (Phi) is 4.77. The maximum absolute atomic E-state index is 9.14. The number of halogens is 1. The molecular weight excluding hydrogens is 354 g/mol. The number of hydrogen-bond donors (Lipinski definition) is 1. The van der Waals surface area contributed by atoms with Crippen LogP contribution in [0.15, 0.2) is 34.9 Å². The Labute approximate surface area is 144 Å². The second kappa shape index (κ2) is 6.97. The molecule has 0 spiro atoms. The second-order valence-corrected chi connectivity index (χ2v) is 6.68. The Balaban J connectivity index is 1.73. The van der Waals surface area contributed by atoms with Gasteiger partial charge in [0.25, 0.3) is 0 Å². The molecule has 1 aromatic heterocycles. The van der Waals surface area contributed by atoms with Crippen LogP contribution in [0.25, 0.3) is 0 Å². The lowest BCUT2D eigenvalue weighted by Gasteiger charge is -2.35. The quantitative estimate of drug-likeness (QED) is 0.894. The van der Waals surface area contributed by atoms with Crippen molar-refractivity contribution in [3.8, 4) is 6.07 Å². The van der Waals surface area contributed by atoms with Crippen LogP contribution in [0.5, 0.6) is 0 Å². The van der Waals surface area contributed by atoms with Gasteiger partial charge in [-0.15, -0.1) is 0 Å². The van der Waals surface area contributed by atoms with Crippen LogP contribution >= 0.6 is 15.9 Å². The summed E-state index contributed by atoms with van der Waals surface area (Å²) in [4.78, 5) is 11.0. The van der Waals surface area contributed by atoms with Crippen molar-refractivity contribution in [2.75, 3.05) is 23.3 Å².